The first kappa shape index (κ1) is 11.9. The first-order valence-electron chi connectivity index (χ1n) is 5.63. The molecule has 17 heavy (non-hydrogen) atoms. The summed E-state index contributed by atoms with van der Waals surface area (Å²) in [7, 11) is 1.65. The Morgan fingerprint density at radius 1 is 1.41 bits per heavy atom. The molecule has 0 saturated heterocycles. The maximum Gasteiger partial charge on any atom is 0.179 e. The topological polar surface area (TPSA) is 61.8 Å². The third kappa shape index (κ3) is 2.57. The van der Waals surface area contributed by atoms with E-state index in [0.717, 1.165) is 23.5 Å². The zero-order chi connectivity index (χ0) is 12.1. The number of pyridine rings is 1. The summed E-state index contributed by atoms with van der Waals surface area (Å²) in [6.45, 7) is 1.70. The van der Waals surface area contributed by atoms with Crippen LogP contribution in [0.2, 0.25) is 0 Å². The Kier molecular flexibility index (Phi) is 3.95. The third-order valence-electron chi connectivity index (χ3n) is 2.52. The van der Waals surface area contributed by atoms with Gasteiger partial charge in [-0.2, -0.15) is 0 Å². The fraction of sp³-hybridized carbons (Fsp3) is 0.417. The highest BCUT2D eigenvalue weighted by atomic mass is 16.5. The first-order chi connectivity index (χ1) is 8.36. The van der Waals surface area contributed by atoms with E-state index in [9.17, 15) is 0 Å². The molecule has 2 aromatic rings. The van der Waals surface area contributed by atoms with Gasteiger partial charge in [-0.1, -0.05) is 0 Å². The minimum Gasteiger partial charge on any atom is -0.487 e. The molecule has 0 aliphatic rings. The van der Waals surface area contributed by atoms with E-state index in [0.29, 0.717) is 19.8 Å². The Bertz CT molecular complexity index is 482. The molecule has 2 aromatic heterocycles. The summed E-state index contributed by atoms with van der Waals surface area (Å²) < 4.78 is 12.6. The summed E-state index contributed by atoms with van der Waals surface area (Å²) in [5.41, 5.74) is 7.48. The average Bonchev–Trinajstić information content (AvgIpc) is 2.75. The van der Waals surface area contributed by atoms with Gasteiger partial charge in [0, 0.05) is 31.6 Å². The predicted molar refractivity (Wildman–Crippen MR) is 65.3 cm³/mol. The Labute approximate surface area is 100 Å². The number of methoxy groups -OCH3 is 1. The molecule has 0 bridgehead atoms. The normalized spacial score (nSPS) is 10.9. The van der Waals surface area contributed by atoms with Gasteiger partial charge in [0.05, 0.1) is 6.61 Å². The lowest BCUT2D eigenvalue weighted by Gasteiger charge is -2.07. The number of nitrogens with two attached hydrogens (primary N) is 1. The second-order valence-corrected chi connectivity index (χ2v) is 3.70. The Hall–Kier alpha value is -1.59. The fourth-order valence-electron chi connectivity index (χ4n) is 1.72. The predicted octanol–water partition coefficient (Wildman–Crippen LogP) is 0.861. The molecule has 2 N–H and O–H groups in total. The van der Waals surface area contributed by atoms with E-state index in [4.69, 9.17) is 15.2 Å². The number of aromatic nitrogens is 2. The molecule has 92 valence electrons. The second kappa shape index (κ2) is 5.65. The molecule has 0 saturated carbocycles. The average molecular weight is 235 g/mol. The lowest BCUT2D eigenvalue weighted by atomic mass is 10.3. The maximum absolute atomic E-state index is 5.61. The number of nitrogens with zero attached hydrogens (tertiary/aromatic N) is 2. The molecular formula is C12H17N3O2. The smallest absolute Gasteiger partial charge is 0.179 e. The highest BCUT2D eigenvalue weighted by molar-refractivity contribution is 5.54. The van der Waals surface area contributed by atoms with E-state index in [-0.39, 0.29) is 0 Å². The monoisotopic (exact) mass is 235 g/mol. The van der Waals surface area contributed by atoms with E-state index in [1.165, 1.54) is 0 Å². The van der Waals surface area contributed by atoms with Crippen LogP contribution in [0.5, 0.6) is 5.75 Å². The standard InChI is InChI=1S/C12H17N3O2/c1-16-7-8-17-11-3-2-6-15-10(4-5-13)9-14-12(11)15/h2-3,6,9H,4-5,7-8,13H2,1H3. The van der Waals surface area contributed by atoms with Crippen LogP contribution in [0.4, 0.5) is 0 Å². The molecule has 0 radical (unpaired) electrons. The minimum atomic E-state index is 0.523. The molecule has 0 spiro atoms. The van der Waals surface area contributed by atoms with Crippen molar-refractivity contribution in [1.29, 1.82) is 0 Å². The van der Waals surface area contributed by atoms with Crippen LogP contribution in [0.1, 0.15) is 5.69 Å². The summed E-state index contributed by atoms with van der Waals surface area (Å²) in [5, 5.41) is 0. The molecule has 0 atom stereocenters. The van der Waals surface area contributed by atoms with Crippen LogP contribution in [0.15, 0.2) is 24.5 Å². The molecular weight excluding hydrogens is 218 g/mol. The van der Waals surface area contributed by atoms with Crippen LogP contribution in [0, 0.1) is 0 Å². The highest BCUT2D eigenvalue weighted by Gasteiger charge is 2.07. The quantitative estimate of drug-likeness (QED) is 0.754. The van der Waals surface area contributed by atoms with Crippen LogP contribution in [-0.2, 0) is 11.2 Å². The van der Waals surface area contributed by atoms with Crippen molar-refractivity contribution in [2.24, 2.45) is 5.73 Å². The lowest BCUT2D eigenvalue weighted by Crippen LogP contribution is -2.07. The molecule has 2 rings (SSSR count). The molecule has 0 unspecified atom stereocenters. The van der Waals surface area contributed by atoms with Crippen molar-refractivity contribution < 1.29 is 9.47 Å². The van der Waals surface area contributed by atoms with Gasteiger partial charge in [-0.25, -0.2) is 4.98 Å². The van der Waals surface area contributed by atoms with Gasteiger partial charge in [-0.15, -0.1) is 0 Å². The van der Waals surface area contributed by atoms with Crippen LogP contribution in [0.3, 0.4) is 0 Å². The third-order valence-corrected chi connectivity index (χ3v) is 2.52. The Morgan fingerprint density at radius 3 is 3.06 bits per heavy atom. The van der Waals surface area contributed by atoms with Crippen LogP contribution >= 0.6 is 0 Å². The molecule has 0 amide bonds. The Balaban J connectivity index is 2.24. The Morgan fingerprint density at radius 2 is 2.29 bits per heavy atom. The second-order valence-electron chi connectivity index (χ2n) is 3.70. The van der Waals surface area contributed by atoms with E-state index in [1.54, 1.807) is 7.11 Å². The van der Waals surface area contributed by atoms with Crippen molar-refractivity contribution in [3.8, 4) is 5.75 Å². The number of hydrogen-bond donors (Lipinski definition) is 1. The fourth-order valence-corrected chi connectivity index (χ4v) is 1.72. The lowest BCUT2D eigenvalue weighted by molar-refractivity contribution is 0.147. The van der Waals surface area contributed by atoms with Crippen LogP contribution in [0.25, 0.3) is 5.65 Å². The zero-order valence-corrected chi connectivity index (χ0v) is 9.93. The van der Waals surface area contributed by atoms with Gasteiger partial charge in [0.1, 0.15) is 6.61 Å². The van der Waals surface area contributed by atoms with Crippen molar-refractivity contribution in [2.45, 2.75) is 6.42 Å². The van der Waals surface area contributed by atoms with Crippen molar-refractivity contribution in [2.75, 3.05) is 26.9 Å². The largest absolute Gasteiger partial charge is 0.487 e. The highest BCUT2D eigenvalue weighted by Crippen LogP contribution is 2.19. The molecule has 5 heteroatoms. The van der Waals surface area contributed by atoms with Gasteiger partial charge < -0.3 is 19.6 Å². The van der Waals surface area contributed by atoms with Crippen molar-refractivity contribution >= 4 is 5.65 Å². The van der Waals surface area contributed by atoms with Gasteiger partial charge in [-0.3, -0.25) is 0 Å². The summed E-state index contributed by atoms with van der Waals surface area (Å²) in [4.78, 5) is 4.36. The van der Waals surface area contributed by atoms with E-state index < -0.39 is 0 Å². The summed E-state index contributed by atoms with van der Waals surface area (Å²) in [5.74, 6) is 0.771. The number of fused-ring (bicyclic) bond motifs is 1. The number of hydrogen-bond acceptors (Lipinski definition) is 4. The van der Waals surface area contributed by atoms with Crippen LogP contribution < -0.4 is 10.5 Å². The van der Waals surface area contributed by atoms with Gasteiger partial charge in [0.15, 0.2) is 11.4 Å². The molecule has 5 nitrogen and oxygen atoms in total. The van der Waals surface area contributed by atoms with Crippen molar-refractivity contribution in [1.82, 2.24) is 9.38 Å². The number of imidazole rings is 1. The molecule has 0 aromatic carbocycles. The zero-order valence-electron chi connectivity index (χ0n) is 9.93. The van der Waals surface area contributed by atoms with E-state index in [1.807, 2.05) is 28.9 Å². The number of ether oxygens (including phenoxy) is 2. The molecule has 2 heterocycles. The summed E-state index contributed by atoms with van der Waals surface area (Å²) in [6, 6.07) is 3.85. The minimum absolute atomic E-state index is 0.523. The SMILES string of the molecule is COCCOc1cccn2c(CCN)cnc12. The van der Waals surface area contributed by atoms with Gasteiger partial charge in [-0.05, 0) is 18.7 Å². The van der Waals surface area contributed by atoms with E-state index >= 15 is 0 Å². The summed E-state index contributed by atoms with van der Waals surface area (Å²) >= 11 is 0. The van der Waals surface area contributed by atoms with Gasteiger partial charge >= 0.3 is 0 Å². The van der Waals surface area contributed by atoms with Crippen molar-refractivity contribution in [3.63, 3.8) is 0 Å². The van der Waals surface area contributed by atoms with Crippen LogP contribution in [-0.4, -0.2) is 36.3 Å². The van der Waals surface area contributed by atoms with Crippen molar-refractivity contribution in [3.05, 3.63) is 30.2 Å². The molecule has 0 aliphatic carbocycles. The molecule has 0 aliphatic heterocycles. The molecule has 0 fully saturated rings. The van der Waals surface area contributed by atoms with Gasteiger partial charge in [0.25, 0.3) is 0 Å². The maximum atomic E-state index is 5.61. The first-order valence-corrected chi connectivity index (χ1v) is 5.63. The van der Waals surface area contributed by atoms with Gasteiger partial charge in [0.2, 0.25) is 0 Å². The number of rotatable bonds is 6. The van der Waals surface area contributed by atoms with E-state index in [2.05, 4.69) is 4.98 Å². The summed E-state index contributed by atoms with van der Waals surface area (Å²) in [6.07, 6.45) is 4.62.